The van der Waals surface area contributed by atoms with Gasteiger partial charge in [0.25, 0.3) is 0 Å². The molecule has 2 aromatic carbocycles. The number of aromatic amines is 1. The largest absolute Gasteiger partial charge is 0.439 e. The quantitative estimate of drug-likeness (QED) is 0.740. The predicted molar refractivity (Wildman–Crippen MR) is 78.1 cm³/mol. The Kier molecular flexibility index (Phi) is 3.01. The second-order valence-electron chi connectivity index (χ2n) is 4.18. The molecule has 0 aliphatic heterocycles. The predicted octanol–water partition coefficient (Wildman–Crippen LogP) is 3.05. The number of benzene rings is 2. The van der Waals surface area contributed by atoms with Crippen molar-refractivity contribution >= 4 is 23.3 Å². The van der Waals surface area contributed by atoms with Crippen molar-refractivity contribution in [2.45, 2.75) is 0 Å². The van der Waals surface area contributed by atoms with Crippen LogP contribution in [0.15, 0.2) is 58.3 Å². The second-order valence-corrected chi connectivity index (χ2v) is 4.18. The summed E-state index contributed by atoms with van der Waals surface area (Å²) in [5.74, 6) is 1.11. The molecule has 20 heavy (non-hydrogen) atoms. The van der Waals surface area contributed by atoms with Crippen LogP contribution < -0.4 is 10.4 Å². The molecule has 1 aromatic heterocycles. The molecular weight excluding hydrogens is 254 g/mol. The molecule has 3 rings (SSSR count). The molecule has 0 spiro atoms. The summed E-state index contributed by atoms with van der Waals surface area (Å²) in [4.78, 5) is 21.2. The standard InChI is InChI=1S/C15H11N3O2/c1-16-13-9-14(18-15(19)17-13)20-12-7-6-10-4-2-3-5-11(10)8-12/h2-9H,1H2,(H,17,18,19). The van der Waals surface area contributed by atoms with Crippen LogP contribution in [0.4, 0.5) is 5.82 Å². The third-order valence-electron chi connectivity index (χ3n) is 2.82. The van der Waals surface area contributed by atoms with E-state index in [0.717, 1.165) is 10.8 Å². The summed E-state index contributed by atoms with van der Waals surface area (Å²) in [7, 11) is 0. The number of hydrogen-bond acceptors (Lipinski definition) is 4. The highest BCUT2D eigenvalue weighted by Gasteiger charge is 2.03. The number of aliphatic imine (C=N–C) groups is 1. The lowest BCUT2D eigenvalue weighted by molar-refractivity contribution is 0.460. The number of nitrogens with zero attached hydrogens (tertiary/aromatic N) is 2. The third kappa shape index (κ3) is 2.42. The molecule has 1 heterocycles. The molecule has 0 unspecified atom stereocenters. The van der Waals surface area contributed by atoms with Gasteiger partial charge in [0.1, 0.15) is 11.6 Å². The highest BCUT2D eigenvalue weighted by molar-refractivity contribution is 5.83. The average Bonchev–Trinajstić information content (AvgIpc) is 2.46. The first-order chi connectivity index (χ1) is 9.74. The molecule has 98 valence electrons. The van der Waals surface area contributed by atoms with Gasteiger partial charge in [-0.25, -0.2) is 9.79 Å². The summed E-state index contributed by atoms with van der Waals surface area (Å²) in [6.07, 6.45) is 0. The Labute approximate surface area is 114 Å². The average molecular weight is 265 g/mol. The highest BCUT2D eigenvalue weighted by atomic mass is 16.5. The van der Waals surface area contributed by atoms with Gasteiger partial charge in [0, 0.05) is 6.07 Å². The van der Waals surface area contributed by atoms with Crippen molar-refractivity contribution in [3.05, 3.63) is 59.0 Å². The van der Waals surface area contributed by atoms with Crippen LogP contribution in [0.2, 0.25) is 0 Å². The molecule has 3 aromatic rings. The zero-order chi connectivity index (χ0) is 13.9. The van der Waals surface area contributed by atoms with Crippen molar-refractivity contribution in [2.75, 3.05) is 0 Å². The molecule has 0 fully saturated rings. The normalized spacial score (nSPS) is 10.4. The van der Waals surface area contributed by atoms with E-state index >= 15 is 0 Å². The van der Waals surface area contributed by atoms with Crippen molar-refractivity contribution in [3.63, 3.8) is 0 Å². The molecule has 0 amide bonds. The van der Waals surface area contributed by atoms with Crippen LogP contribution in [0, 0.1) is 0 Å². The second kappa shape index (κ2) is 4.97. The van der Waals surface area contributed by atoms with E-state index in [1.54, 1.807) is 0 Å². The van der Waals surface area contributed by atoms with E-state index < -0.39 is 5.69 Å². The lowest BCUT2D eigenvalue weighted by Gasteiger charge is -2.06. The molecule has 0 atom stereocenters. The minimum absolute atomic E-state index is 0.187. The van der Waals surface area contributed by atoms with E-state index in [9.17, 15) is 4.79 Å². The topological polar surface area (TPSA) is 67.3 Å². The summed E-state index contributed by atoms with van der Waals surface area (Å²) in [5, 5.41) is 2.17. The molecule has 0 radical (unpaired) electrons. The van der Waals surface area contributed by atoms with Gasteiger partial charge in [-0.3, -0.25) is 4.98 Å². The monoisotopic (exact) mass is 265 g/mol. The Balaban J connectivity index is 1.98. The van der Waals surface area contributed by atoms with Crippen LogP contribution in [0.1, 0.15) is 0 Å². The van der Waals surface area contributed by atoms with Gasteiger partial charge < -0.3 is 4.74 Å². The Morgan fingerprint density at radius 2 is 1.90 bits per heavy atom. The van der Waals surface area contributed by atoms with Gasteiger partial charge in [-0.1, -0.05) is 30.3 Å². The lowest BCUT2D eigenvalue weighted by Crippen LogP contribution is -2.09. The van der Waals surface area contributed by atoms with Crippen molar-refractivity contribution < 1.29 is 4.74 Å². The van der Waals surface area contributed by atoms with E-state index in [2.05, 4.69) is 21.7 Å². The first-order valence-electron chi connectivity index (χ1n) is 5.99. The first-order valence-corrected chi connectivity index (χ1v) is 5.99. The first kappa shape index (κ1) is 12.1. The summed E-state index contributed by atoms with van der Waals surface area (Å²) in [5.41, 5.74) is -0.523. The van der Waals surface area contributed by atoms with E-state index in [4.69, 9.17) is 4.74 Å². The minimum atomic E-state index is -0.523. The molecule has 0 bridgehead atoms. The molecule has 0 aliphatic carbocycles. The van der Waals surface area contributed by atoms with Gasteiger partial charge >= 0.3 is 5.69 Å². The fourth-order valence-electron chi connectivity index (χ4n) is 1.91. The summed E-state index contributed by atoms with van der Waals surface area (Å²) < 4.78 is 5.59. The number of nitrogens with one attached hydrogen (secondary N) is 1. The number of rotatable bonds is 3. The Hall–Kier alpha value is -2.95. The smallest absolute Gasteiger partial charge is 0.349 e. The summed E-state index contributed by atoms with van der Waals surface area (Å²) in [6, 6.07) is 15.1. The number of H-pyrrole nitrogens is 1. The summed E-state index contributed by atoms with van der Waals surface area (Å²) >= 11 is 0. The van der Waals surface area contributed by atoms with Crippen LogP contribution >= 0.6 is 0 Å². The lowest BCUT2D eigenvalue weighted by atomic mass is 10.1. The number of aromatic nitrogens is 2. The third-order valence-corrected chi connectivity index (χ3v) is 2.82. The van der Waals surface area contributed by atoms with Gasteiger partial charge in [0.05, 0.1) is 0 Å². The van der Waals surface area contributed by atoms with E-state index in [1.807, 2.05) is 42.5 Å². The van der Waals surface area contributed by atoms with Crippen LogP contribution in [0.3, 0.4) is 0 Å². The maximum atomic E-state index is 11.3. The Bertz CT molecular complexity index is 840. The van der Waals surface area contributed by atoms with E-state index in [-0.39, 0.29) is 5.88 Å². The van der Waals surface area contributed by atoms with Crippen LogP contribution in [-0.2, 0) is 0 Å². The van der Waals surface area contributed by atoms with Gasteiger partial charge in [0.15, 0.2) is 0 Å². The zero-order valence-electron chi connectivity index (χ0n) is 10.5. The van der Waals surface area contributed by atoms with Gasteiger partial charge in [-0.2, -0.15) is 4.98 Å². The van der Waals surface area contributed by atoms with Gasteiger partial charge in [-0.05, 0) is 29.6 Å². The maximum Gasteiger partial charge on any atom is 0.349 e. The van der Waals surface area contributed by atoms with Gasteiger partial charge in [-0.15, -0.1) is 0 Å². The van der Waals surface area contributed by atoms with Crippen molar-refractivity contribution in [3.8, 4) is 11.6 Å². The number of hydrogen-bond donors (Lipinski definition) is 1. The van der Waals surface area contributed by atoms with E-state index in [0.29, 0.717) is 11.6 Å². The molecule has 5 nitrogen and oxygen atoms in total. The zero-order valence-corrected chi connectivity index (χ0v) is 10.5. The molecule has 0 saturated heterocycles. The molecule has 0 aliphatic rings. The van der Waals surface area contributed by atoms with E-state index in [1.165, 1.54) is 6.07 Å². The minimum Gasteiger partial charge on any atom is -0.439 e. The van der Waals surface area contributed by atoms with Gasteiger partial charge in [0.2, 0.25) is 5.88 Å². The van der Waals surface area contributed by atoms with Crippen LogP contribution in [0.5, 0.6) is 11.6 Å². The number of ether oxygens (including phenoxy) is 1. The molecule has 1 N–H and O–H groups in total. The highest BCUT2D eigenvalue weighted by Crippen LogP contribution is 2.25. The van der Waals surface area contributed by atoms with Crippen molar-refractivity contribution in [1.29, 1.82) is 0 Å². The summed E-state index contributed by atoms with van der Waals surface area (Å²) in [6.45, 7) is 3.36. The maximum absolute atomic E-state index is 11.3. The SMILES string of the molecule is C=Nc1cc(Oc2ccc3ccccc3c2)nc(=O)[nH]1. The van der Waals surface area contributed by atoms with Crippen LogP contribution in [0.25, 0.3) is 10.8 Å². The molecule has 0 saturated carbocycles. The fourth-order valence-corrected chi connectivity index (χ4v) is 1.91. The fraction of sp³-hybridized carbons (Fsp3) is 0. The Morgan fingerprint density at radius 1 is 1.10 bits per heavy atom. The molecular formula is C15H11N3O2. The van der Waals surface area contributed by atoms with Crippen molar-refractivity contribution in [1.82, 2.24) is 9.97 Å². The number of fused-ring (bicyclic) bond motifs is 1. The van der Waals surface area contributed by atoms with Crippen molar-refractivity contribution in [2.24, 2.45) is 4.99 Å². The molecule has 5 heteroatoms. The Morgan fingerprint density at radius 3 is 2.70 bits per heavy atom. The van der Waals surface area contributed by atoms with Crippen LogP contribution in [-0.4, -0.2) is 16.7 Å².